The van der Waals surface area contributed by atoms with E-state index in [1.807, 2.05) is 10.6 Å². The molecule has 508 valence electrons. The van der Waals surface area contributed by atoms with Gasteiger partial charge in [-0.15, -0.1) is 10.2 Å². The first-order chi connectivity index (χ1) is 46.9. The number of nitrogens with zero attached hydrogens (tertiary/aromatic N) is 9. The lowest BCUT2D eigenvalue weighted by Gasteiger charge is -2.41. The van der Waals surface area contributed by atoms with E-state index in [0.717, 1.165) is 5.56 Å². The molecule has 5 aliphatic rings. The highest BCUT2D eigenvalue weighted by Gasteiger charge is 2.45. The molecule has 12 rings (SSSR count). The standard InChI is InChI=1S/C27H31ClFN4O6P.C22H20ClFN4O3.C20H17ClFNO3/c1-36-25(34)9-8-24-27(39-40(35,32-10-14-37-15-11-32)33-12-16-38-17-13-33)31-23-7-6-19(28)18-21(23)26(30-24)20-4-2-3-5-22(20)29;1-30-12-19-26-27-22-17(8-10-20(29)31-2)25-21(14-5-3-4-6-16(14)24)15-11-13(23)7-9-18(15)28(19)22;1-26-19(25)9-8-17-18(24)10-12-6-7-13(21)11-15(12)20(23-17)14-4-2-3-5-16(14)22/h2-7,18,24H,8-17H2,1H3;3-7,9,11,17H,8,10,12H2,1-2H3;2-7,11,17H,8-10H2,1H3/t24-;2*17-/m000/s1. The number of halogens is 6. The minimum atomic E-state index is -3.68. The lowest BCUT2D eigenvalue weighted by atomic mass is 9.95. The number of ketones is 1. The lowest BCUT2D eigenvalue weighted by Crippen LogP contribution is -2.44. The van der Waals surface area contributed by atoms with Crippen LogP contribution in [0.3, 0.4) is 0 Å². The number of ether oxygens (including phenoxy) is 6. The molecule has 6 aromatic carbocycles. The number of hydrogen-bond donors (Lipinski definition) is 0. The van der Waals surface area contributed by atoms with Crippen LogP contribution in [-0.2, 0) is 69.7 Å². The summed E-state index contributed by atoms with van der Waals surface area (Å²) in [6.45, 7) is 3.48. The van der Waals surface area contributed by atoms with Gasteiger partial charge in [-0.3, -0.25) is 38.7 Å². The molecule has 1 aromatic heterocycles. The van der Waals surface area contributed by atoms with Gasteiger partial charge in [0.2, 0.25) is 5.90 Å². The number of esters is 3. The normalized spacial score (nSPS) is 17.7. The second-order valence-corrected chi connectivity index (χ2v) is 26.0. The van der Waals surface area contributed by atoms with E-state index in [1.165, 1.54) is 39.5 Å². The lowest BCUT2D eigenvalue weighted by molar-refractivity contribution is -0.141. The van der Waals surface area contributed by atoms with Gasteiger partial charge in [0.25, 0.3) is 0 Å². The van der Waals surface area contributed by atoms with Gasteiger partial charge in [0, 0.05) is 107 Å². The second kappa shape index (κ2) is 33.3. The van der Waals surface area contributed by atoms with Crippen molar-refractivity contribution in [2.75, 3.05) is 81.0 Å². The van der Waals surface area contributed by atoms with Crippen molar-refractivity contribution < 1.29 is 69.9 Å². The molecule has 7 aromatic rings. The van der Waals surface area contributed by atoms with Crippen LogP contribution in [-0.4, -0.2) is 164 Å². The summed E-state index contributed by atoms with van der Waals surface area (Å²) in [4.78, 5) is 67.2. The Morgan fingerprint density at radius 1 is 0.546 bits per heavy atom. The minimum Gasteiger partial charge on any atom is -0.469 e. The van der Waals surface area contributed by atoms with Crippen molar-refractivity contribution in [2.45, 2.75) is 69.7 Å². The van der Waals surface area contributed by atoms with Gasteiger partial charge < -0.3 is 32.9 Å². The average molecular weight is 1410 g/mol. The maximum Gasteiger partial charge on any atom is 0.397 e. The van der Waals surface area contributed by atoms with Crippen molar-refractivity contribution in [1.82, 2.24) is 24.1 Å². The molecule has 6 heterocycles. The van der Waals surface area contributed by atoms with Crippen molar-refractivity contribution in [3.63, 3.8) is 0 Å². The predicted molar refractivity (Wildman–Crippen MR) is 359 cm³/mol. The molecule has 0 radical (unpaired) electrons. The molecular formula is C69H68Cl3F3N9O12P. The Hall–Kier alpha value is -8.29. The summed E-state index contributed by atoms with van der Waals surface area (Å²) in [5.41, 5.74) is 5.63. The topological polar surface area (TPSA) is 237 Å². The van der Waals surface area contributed by atoms with Gasteiger partial charge in [-0.1, -0.05) is 77.3 Å². The van der Waals surface area contributed by atoms with E-state index in [1.54, 1.807) is 120 Å². The van der Waals surface area contributed by atoms with Crippen LogP contribution in [0.25, 0.3) is 5.69 Å². The summed E-state index contributed by atoms with van der Waals surface area (Å²) in [5.74, 6) is -1.50. The van der Waals surface area contributed by atoms with Gasteiger partial charge in [-0.05, 0) is 110 Å². The van der Waals surface area contributed by atoms with Crippen LogP contribution < -0.4 is 0 Å². The van der Waals surface area contributed by atoms with Gasteiger partial charge in [-0.25, -0.2) is 32.1 Å². The van der Waals surface area contributed by atoms with Crippen LogP contribution in [0.5, 0.6) is 0 Å². The van der Waals surface area contributed by atoms with Gasteiger partial charge in [0.15, 0.2) is 17.4 Å². The highest BCUT2D eigenvalue weighted by atomic mass is 35.5. The van der Waals surface area contributed by atoms with Crippen molar-refractivity contribution in [2.24, 2.45) is 20.0 Å². The third-order valence-corrected chi connectivity index (χ3v) is 19.6. The van der Waals surface area contributed by atoms with E-state index < -0.39 is 55.2 Å². The fraction of sp³-hybridized carbons (Fsp3) is 0.333. The maximum atomic E-state index is 15.1. The first-order valence-electron chi connectivity index (χ1n) is 31.0. The number of carbonyl (C=O) groups is 4. The molecule has 0 bridgehead atoms. The van der Waals surface area contributed by atoms with Crippen molar-refractivity contribution in [3.05, 3.63) is 211 Å². The van der Waals surface area contributed by atoms with Crippen molar-refractivity contribution in [1.29, 1.82) is 0 Å². The van der Waals surface area contributed by atoms with Crippen LogP contribution in [0.2, 0.25) is 15.1 Å². The average Bonchev–Trinajstić information content (AvgIpc) is 1.14. The zero-order chi connectivity index (χ0) is 68.8. The van der Waals surface area contributed by atoms with Crippen LogP contribution >= 0.6 is 42.5 Å². The van der Waals surface area contributed by atoms with Crippen LogP contribution in [0.4, 0.5) is 18.9 Å². The van der Waals surface area contributed by atoms with E-state index in [0.29, 0.717) is 142 Å². The van der Waals surface area contributed by atoms with E-state index >= 15 is 4.39 Å². The molecule has 28 heteroatoms. The Morgan fingerprint density at radius 3 is 1.52 bits per heavy atom. The number of hydrogen-bond acceptors (Lipinski definition) is 18. The number of morpholine rings is 2. The Morgan fingerprint density at radius 2 is 0.990 bits per heavy atom. The van der Waals surface area contributed by atoms with Crippen molar-refractivity contribution in [3.8, 4) is 5.69 Å². The van der Waals surface area contributed by atoms with Gasteiger partial charge in [-0.2, -0.15) is 0 Å². The number of aliphatic imine (C=N–C) groups is 4. The minimum absolute atomic E-state index is 0.00584. The SMILES string of the molecule is COC(=O)CC[C@@H]1N=C(c2ccccc2F)c2cc(Cl)ccc2CC1=O.COC(=O)CC[C@@H]1N=C(c2ccccc2F)c2cc(Cl)ccc2N=C1OP(=O)(N1CCOCC1)N1CCOCC1.COCc1nnc2n1-c1ccc(Cl)cc1C(c1ccccc1F)=N[C@H]2CCC(=O)OC. The Labute approximate surface area is 572 Å². The molecule has 0 aliphatic carbocycles. The Kier molecular flexibility index (Phi) is 24.5. The van der Waals surface area contributed by atoms with E-state index in [2.05, 4.69) is 19.9 Å². The highest BCUT2D eigenvalue weighted by molar-refractivity contribution is 7.54. The van der Waals surface area contributed by atoms with Crippen LogP contribution in [0, 0.1) is 17.5 Å². The molecule has 0 N–H and O–H groups in total. The van der Waals surface area contributed by atoms with E-state index in [-0.39, 0.29) is 68.3 Å². The molecular weight excluding hydrogens is 1340 g/mol. The number of rotatable bonds is 17. The number of fused-ring (bicyclic) bond motifs is 5. The van der Waals surface area contributed by atoms with Crippen LogP contribution in [0.15, 0.2) is 147 Å². The zero-order valence-electron chi connectivity index (χ0n) is 53.3. The molecule has 0 spiro atoms. The van der Waals surface area contributed by atoms with E-state index in [9.17, 15) is 32.5 Å². The molecule has 0 saturated carbocycles. The van der Waals surface area contributed by atoms with Gasteiger partial charge >= 0.3 is 25.6 Å². The summed E-state index contributed by atoms with van der Waals surface area (Å²) < 4.78 is 102. The fourth-order valence-electron chi connectivity index (χ4n) is 11.4. The van der Waals surface area contributed by atoms with E-state index in [4.69, 9.17) is 78.0 Å². The van der Waals surface area contributed by atoms with Crippen LogP contribution in [0.1, 0.15) is 95.2 Å². The van der Waals surface area contributed by atoms with Crippen molar-refractivity contribution >= 4 is 94.9 Å². The number of benzene rings is 6. The van der Waals surface area contributed by atoms with Gasteiger partial charge in [0.05, 0.1) is 76.3 Å². The summed E-state index contributed by atoms with van der Waals surface area (Å²) in [6, 6.07) is 32.3. The summed E-state index contributed by atoms with van der Waals surface area (Å²) in [5, 5.41) is 9.98. The molecule has 5 aliphatic heterocycles. The second-order valence-electron chi connectivity index (χ2n) is 22.4. The van der Waals surface area contributed by atoms with Gasteiger partial charge in [0.1, 0.15) is 42.2 Å². The number of Topliss-reactive ketones (excluding diaryl/α,β-unsaturated/α-hetero) is 1. The molecule has 2 fully saturated rings. The number of methoxy groups -OCH3 is 4. The third-order valence-electron chi connectivity index (χ3n) is 16.3. The smallest absolute Gasteiger partial charge is 0.397 e. The quantitative estimate of drug-likeness (QED) is 0.0468. The number of aromatic nitrogens is 3. The molecule has 0 unspecified atom stereocenters. The number of carbonyl (C=O) groups excluding carboxylic acids is 4. The summed E-state index contributed by atoms with van der Waals surface area (Å²) in [7, 11) is 1.82. The monoisotopic (exact) mass is 1410 g/mol. The molecule has 2 saturated heterocycles. The first-order valence-corrected chi connectivity index (χ1v) is 33.7. The largest absolute Gasteiger partial charge is 0.469 e. The maximum absolute atomic E-state index is 15.1. The summed E-state index contributed by atoms with van der Waals surface area (Å²) >= 11 is 18.8. The molecule has 97 heavy (non-hydrogen) atoms. The highest BCUT2D eigenvalue weighted by Crippen LogP contribution is 2.56. The molecule has 3 atom stereocenters. The molecule has 21 nitrogen and oxygen atoms in total. The first kappa shape index (κ1) is 71.5. The third kappa shape index (κ3) is 17.2. The Bertz CT molecular complexity index is 4220. The predicted octanol–water partition coefficient (Wildman–Crippen LogP) is 12.3. The summed E-state index contributed by atoms with van der Waals surface area (Å²) in [6.07, 6.45) is 1.00. The molecule has 0 amide bonds. The zero-order valence-corrected chi connectivity index (χ0v) is 56.5. The Balaban J connectivity index is 0.000000162. The fourth-order valence-corrected chi connectivity index (χ4v) is 14.2.